The minimum absolute atomic E-state index is 0.321. The van der Waals surface area contributed by atoms with Gasteiger partial charge in [0.2, 0.25) is 0 Å². The molecule has 0 aromatic rings. The molecule has 0 saturated heterocycles. The Morgan fingerprint density at radius 2 is 1.92 bits per heavy atom. The van der Waals surface area contributed by atoms with Gasteiger partial charge < -0.3 is 10.4 Å². The van der Waals surface area contributed by atoms with Crippen LogP contribution in [0.15, 0.2) is 0 Å². The molecule has 0 aliphatic carbocycles. The molecular weight excluding hydrogens is 162 g/mol. The van der Waals surface area contributed by atoms with Crippen LogP contribution >= 0.6 is 0 Å². The predicted octanol–water partition coefficient (Wildman–Crippen LogP) is 2.32. The molecule has 80 valence electrons. The van der Waals surface area contributed by atoms with Gasteiger partial charge in [-0.25, -0.2) is 0 Å². The number of rotatable bonds is 9. The lowest BCUT2D eigenvalue weighted by Crippen LogP contribution is -2.27. The zero-order valence-corrected chi connectivity index (χ0v) is 9.18. The van der Waals surface area contributed by atoms with Crippen molar-refractivity contribution in [2.45, 2.75) is 58.4 Å². The third kappa shape index (κ3) is 9.84. The molecule has 13 heavy (non-hydrogen) atoms. The zero-order chi connectivity index (χ0) is 9.94. The van der Waals surface area contributed by atoms with Gasteiger partial charge in [0.15, 0.2) is 0 Å². The maximum absolute atomic E-state index is 8.63. The van der Waals surface area contributed by atoms with Gasteiger partial charge in [0.1, 0.15) is 0 Å². The van der Waals surface area contributed by atoms with Gasteiger partial charge in [0.05, 0.1) is 0 Å². The Balaban J connectivity index is 3.03. The van der Waals surface area contributed by atoms with E-state index >= 15 is 0 Å². The molecule has 0 radical (unpaired) electrons. The van der Waals surface area contributed by atoms with Crippen molar-refractivity contribution in [1.82, 2.24) is 5.32 Å². The van der Waals surface area contributed by atoms with E-state index in [1.54, 1.807) is 0 Å². The van der Waals surface area contributed by atoms with Gasteiger partial charge in [0, 0.05) is 12.6 Å². The molecule has 0 bridgehead atoms. The van der Waals surface area contributed by atoms with Gasteiger partial charge in [0.25, 0.3) is 0 Å². The smallest absolute Gasteiger partial charge is 0.0431 e. The van der Waals surface area contributed by atoms with E-state index in [4.69, 9.17) is 5.11 Å². The highest BCUT2D eigenvalue weighted by Gasteiger charge is 1.98. The number of nitrogens with one attached hydrogen (secondary N) is 1. The monoisotopic (exact) mass is 187 g/mol. The van der Waals surface area contributed by atoms with E-state index in [0.717, 1.165) is 19.4 Å². The largest absolute Gasteiger partial charge is 0.396 e. The zero-order valence-electron chi connectivity index (χ0n) is 9.18. The summed E-state index contributed by atoms with van der Waals surface area (Å²) in [5.74, 6) is 0. The fourth-order valence-electron chi connectivity index (χ4n) is 1.40. The summed E-state index contributed by atoms with van der Waals surface area (Å²) in [5.41, 5.74) is 0. The highest BCUT2D eigenvalue weighted by atomic mass is 16.2. The molecule has 0 amide bonds. The topological polar surface area (TPSA) is 32.3 Å². The number of aliphatic hydroxyl groups excluding tert-OH is 1. The van der Waals surface area contributed by atoms with Crippen LogP contribution in [0.2, 0.25) is 0 Å². The second kappa shape index (κ2) is 10.0. The van der Waals surface area contributed by atoms with Crippen LogP contribution in [0.3, 0.4) is 0 Å². The molecule has 0 aromatic heterocycles. The molecule has 1 atom stereocenters. The van der Waals surface area contributed by atoms with Crippen LogP contribution in [-0.4, -0.2) is 24.3 Å². The highest BCUT2D eigenvalue weighted by Crippen LogP contribution is 1.99. The van der Waals surface area contributed by atoms with E-state index in [1.165, 1.54) is 25.7 Å². The Morgan fingerprint density at radius 1 is 1.15 bits per heavy atom. The van der Waals surface area contributed by atoms with E-state index in [-0.39, 0.29) is 0 Å². The standard InChI is InChI=1S/C11H25NO/c1-3-4-5-6-9-12-11(2)8-7-10-13/h11-13H,3-10H2,1-2H3. The van der Waals surface area contributed by atoms with Crippen LogP contribution in [0.5, 0.6) is 0 Å². The minimum Gasteiger partial charge on any atom is -0.396 e. The molecule has 0 saturated carbocycles. The Morgan fingerprint density at radius 3 is 2.54 bits per heavy atom. The first-order chi connectivity index (χ1) is 6.31. The lowest BCUT2D eigenvalue weighted by Gasteiger charge is -2.12. The molecule has 0 rings (SSSR count). The maximum Gasteiger partial charge on any atom is 0.0431 e. The first-order valence-electron chi connectivity index (χ1n) is 5.65. The lowest BCUT2D eigenvalue weighted by atomic mass is 10.1. The number of aliphatic hydroxyl groups is 1. The third-order valence-corrected chi connectivity index (χ3v) is 2.32. The fourth-order valence-corrected chi connectivity index (χ4v) is 1.40. The molecule has 0 aliphatic heterocycles. The summed E-state index contributed by atoms with van der Waals surface area (Å²) in [5, 5.41) is 12.1. The summed E-state index contributed by atoms with van der Waals surface area (Å²) in [7, 11) is 0. The van der Waals surface area contributed by atoms with Crippen LogP contribution in [0.1, 0.15) is 52.4 Å². The molecule has 2 N–H and O–H groups in total. The Kier molecular flexibility index (Phi) is 9.94. The number of unbranched alkanes of at least 4 members (excludes halogenated alkanes) is 3. The van der Waals surface area contributed by atoms with Crippen molar-refractivity contribution < 1.29 is 5.11 Å². The summed E-state index contributed by atoms with van der Waals surface area (Å²) in [6, 6.07) is 0.564. The van der Waals surface area contributed by atoms with Crippen molar-refractivity contribution in [3.8, 4) is 0 Å². The first kappa shape index (κ1) is 12.9. The van der Waals surface area contributed by atoms with Crippen LogP contribution in [0.4, 0.5) is 0 Å². The van der Waals surface area contributed by atoms with Crippen LogP contribution in [-0.2, 0) is 0 Å². The molecule has 0 fully saturated rings. The van der Waals surface area contributed by atoms with Crippen molar-refractivity contribution in [1.29, 1.82) is 0 Å². The van der Waals surface area contributed by atoms with Gasteiger partial charge in [-0.05, 0) is 32.7 Å². The van der Waals surface area contributed by atoms with Crippen LogP contribution in [0.25, 0.3) is 0 Å². The molecule has 2 nitrogen and oxygen atoms in total. The summed E-state index contributed by atoms with van der Waals surface area (Å²) in [6.07, 6.45) is 7.30. The second-order valence-electron chi connectivity index (χ2n) is 3.78. The molecular formula is C11H25NO. The molecule has 0 aromatic carbocycles. The molecule has 1 unspecified atom stereocenters. The van der Waals surface area contributed by atoms with Crippen molar-refractivity contribution >= 4 is 0 Å². The van der Waals surface area contributed by atoms with E-state index in [0.29, 0.717) is 12.6 Å². The Bertz CT molecular complexity index is 96.1. The average molecular weight is 187 g/mol. The maximum atomic E-state index is 8.63. The van der Waals surface area contributed by atoms with Crippen molar-refractivity contribution in [3.05, 3.63) is 0 Å². The predicted molar refractivity (Wildman–Crippen MR) is 57.9 cm³/mol. The van der Waals surface area contributed by atoms with Gasteiger partial charge >= 0.3 is 0 Å². The SMILES string of the molecule is CCCCCCNC(C)CCCO. The van der Waals surface area contributed by atoms with Crippen LogP contribution in [0, 0.1) is 0 Å². The third-order valence-electron chi connectivity index (χ3n) is 2.32. The van der Waals surface area contributed by atoms with E-state index in [9.17, 15) is 0 Å². The number of hydrogen-bond acceptors (Lipinski definition) is 2. The van der Waals surface area contributed by atoms with Crippen LogP contribution < -0.4 is 5.32 Å². The molecule has 2 heteroatoms. The summed E-state index contributed by atoms with van der Waals surface area (Å²) >= 11 is 0. The molecule has 0 aliphatic rings. The van der Waals surface area contributed by atoms with Crippen molar-refractivity contribution in [2.24, 2.45) is 0 Å². The Hall–Kier alpha value is -0.0800. The average Bonchev–Trinajstić information content (AvgIpc) is 2.14. The normalized spacial score (nSPS) is 13.2. The second-order valence-corrected chi connectivity index (χ2v) is 3.78. The summed E-state index contributed by atoms with van der Waals surface area (Å²) in [6.45, 7) is 5.88. The Labute approximate surface area is 82.7 Å². The lowest BCUT2D eigenvalue weighted by molar-refractivity contribution is 0.276. The van der Waals surface area contributed by atoms with Crippen molar-refractivity contribution in [2.75, 3.05) is 13.2 Å². The van der Waals surface area contributed by atoms with E-state index in [1.807, 2.05) is 0 Å². The summed E-state index contributed by atoms with van der Waals surface area (Å²) in [4.78, 5) is 0. The van der Waals surface area contributed by atoms with Gasteiger partial charge in [-0.2, -0.15) is 0 Å². The van der Waals surface area contributed by atoms with Gasteiger partial charge in [-0.3, -0.25) is 0 Å². The first-order valence-corrected chi connectivity index (χ1v) is 5.65. The van der Waals surface area contributed by atoms with Crippen molar-refractivity contribution in [3.63, 3.8) is 0 Å². The van der Waals surface area contributed by atoms with E-state index in [2.05, 4.69) is 19.2 Å². The van der Waals surface area contributed by atoms with E-state index < -0.39 is 0 Å². The van der Waals surface area contributed by atoms with Gasteiger partial charge in [-0.15, -0.1) is 0 Å². The molecule has 0 heterocycles. The minimum atomic E-state index is 0.321. The highest BCUT2D eigenvalue weighted by molar-refractivity contribution is 4.59. The molecule has 0 spiro atoms. The number of hydrogen-bond donors (Lipinski definition) is 2. The fraction of sp³-hybridized carbons (Fsp3) is 1.00. The van der Waals surface area contributed by atoms with Gasteiger partial charge in [-0.1, -0.05) is 26.2 Å². The summed E-state index contributed by atoms with van der Waals surface area (Å²) < 4.78 is 0. The quantitative estimate of drug-likeness (QED) is 0.543.